The molecule has 2 rings (SSSR count). The zero-order valence-electron chi connectivity index (χ0n) is 12.8. The molecule has 0 aromatic heterocycles. The van der Waals surface area contributed by atoms with E-state index in [0.717, 1.165) is 25.7 Å². The smallest absolute Gasteiger partial charge is 0.234 e. The lowest BCUT2D eigenvalue weighted by Crippen LogP contribution is -2.48. The van der Waals surface area contributed by atoms with Gasteiger partial charge in [-0.1, -0.05) is 19.3 Å². The van der Waals surface area contributed by atoms with Crippen LogP contribution in [-0.4, -0.2) is 56.6 Å². The molecule has 0 aromatic rings. The van der Waals surface area contributed by atoms with Crippen molar-refractivity contribution in [3.05, 3.63) is 0 Å². The fourth-order valence-corrected chi connectivity index (χ4v) is 4.03. The number of hydrogen-bond acceptors (Lipinski definition) is 4. The van der Waals surface area contributed by atoms with Gasteiger partial charge in [-0.15, -0.1) is 0 Å². The highest BCUT2D eigenvalue weighted by Crippen LogP contribution is 2.17. The summed E-state index contributed by atoms with van der Waals surface area (Å²) in [5.41, 5.74) is 0. The lowest BCUT2D eigenvalue weighted by atomic mass is 9.95. The second-order valence-electron chi connectivity index (χ2n) is 6.22. The van der Waals surface area contributed by atoms with Gasteiger partial charge in [0.25, 0.3) is 0 Å². The van der Waals surface area contributed by atoms with Crippen LogP contribution < -0.4 is 10.6 Å². The van der Waals surface area contributed by atoms with Gasteiger partial charge in [0.2, 0.25) is 15.9 Å². The van der Waals surface area contributed by atoms with Crippen molar-refractivity contribution >= 4 is 15.9 Å². The van der Waals surface area contributed by atoms with Crippen LogP contribution in [0.25, 0.3) is 0 Å². The molecule has 7 heteroatoms. The average molecular weight is 317 g/mol. The molecule has 6 nitrogen and oxygen atoms in total. The molecule has 1 saturated carbocycles. The molecular formula is C14H27N3O3S. The molecule has 0 atom stereocenters. The first-order valence-electron chi connectivity index (χ1n) is 7.93. The predicted octanol–water partition coefficient (Wildman–Crippen LogP) is 0.449. The number of amides is 1. The van der Waals surface area contributed by atoms with Gasteiger partial charge in [0.1, 0.15) is 0 Å². The summed E-state index contributed by atoms with van der Waals surface area (Å²) in [6, 6.07) is 0.584. The lowest BCUT2D eigenvalue weighted by molar-refractivity contribution is -0.121. The molecule has 1 aliphatic carbocycles. The minimum absolute atomic E-state index is 0.0624. The van der Waals surface area contributed by atoms with Crippen molar-refractivity contribution in [3.8, 4) is 0 Å². The quantitative estimate of drug-likeness (QED) is 0.772. The van der Waals surface area contributed by atoms with Gasteiger partial charge in [-0.25, -0.2) is 12.7 Å². The molecule has 1 saturated heterocycles. The second kappa shape index (κ2) is 7.56. The highest BCUT2D eigenvalue weighted by Gasteiger charge is 2.25. The number of rotatable bonds is 5. The summed E-state index contributed by atoms with van der Waals surface area (Å²) in [6.07, 6.45) is 8.68. The summed E-state index contributed by atoms with van der Waals surface area (Å²) in [6.45, 7) is 1.42. The van der Waals surface area contributed by atoms with E-state index in [9.17, 15) is 13.2 Å². The first-order chi connectivity index (χ1) is 9.95. The van der Waals surface area contributed by atoms with E-state index in [0.29, 0.717) is 25.7 Å². The number of piperidine rings is 1. The maximum atomic E-state index is 11.9. The Morgan fingerprint density at radius 3 is 2.24 bits per heavy atom. The zero-order chi connectivity index (χ0) is 15.3. The Balaban J connectivity index is 1.64. The molecule has 1 aliphatic heterocycles. The van der Waals surface area contributed by atoms with Crippen LogP contribution in [0.2, 0.25) is 0 Å². The molecule has 0 aromatic carbocycles. The Hall–Kier alpha value is -0.660. The first-order valence-corrected chi connectivity index (χ1v) is 9.78. The standard InChI is InChI=1S/C14H27N3O3S/c1-21(19,20)17-9-7-12(8-10-17)15-11-14(18)16-13-5-3-2-4-6-13/h12-13,15H,2-11H2,1H3,(H,16,18). The van der Waals surface area contributed by atoms with Crippen molar-refractivity contribution in [3.63, 3.8) is 0 Å². The van der Waals surface area contributed by atoms with E-state index >= 15 is 0 Å². The van der Waals surface area contributed by atoms with Crippen LogP contribution in [0.1, 0.15) is 44.9 Å². The maximum Gasteiger partial charge on any atom is 0.234 e. The molecule has 1 amide bonds. The fourth-order valence-electron chi connectivity index (χ4n) is 3.15. The van der Waals surface area contributed by atoms with E-state index < -0.39 is 10.0 Å². The van der Waals surface area contributed by atoms with E-state index in [-0.39, 0.29) is 11.9 Å². The molecule has 1 heterocycles. The van der Waals surface area contributed by atoms with Crippen molar-refractivity contribution in [2.24, 2.45) is 0 Å². The van der Waals surface area contributed by atoms with Crippen LogP contribution in [0.4, 0.5) is 0 Å². The van der Waals surface area contributed by atoms with E-state index in [4.69, 9.17) is 0 Å². The summed E-state index contributed by atoms with van der Waals surface area (Å²) < 4.78 is 24.4. The molecule has 2 fully saturated rings. The van der Waals surface area contributed by atoms with Crippen molar-refractivity contribution in [2.45, 2.75) is 57.0 Å². The van der Waals surface area contributed by atoms with Crippen molar-refractivity contribution < 1.29 is 13.2 Å². The van der Waals surface area contributed by atoms with Gasteiger partial charge in [-0.05, 0) is 25.7 Å². The van der Waals surface area contributed by atoms with Gasteiger partial charge in [0.15, 0.2) is 0 Å². The number of carbonyl (C=O) groups excluding carboxylic acids is 1. The maximum absolute atomic E-state index is 11.9. The van der Waals surface area contributed by atoms with Gasteiger partial charge in [0.05, 0.1) is 12.8 Å². The third-order valence-electron chi connectivity index (χ3n) is 4.44. The Bertz CT molecular complexity index is 438. The van der Waals surface area contributed by atoms with Crippen LogP contribution in [0.5, 0.6) is 0 Å². The summed E-state index contributed by atoms with van der Waals surface area (Å²) >= 11 is 0. The van der Waals surface area contributed by atoms with Crippen LogP contribution in [-0.2, 0) is 14.8 Å². The second-order valence-corrected chi connectivity index (χ2v) is 8.20. The SMILES string of the molecule is CS(=O)(=O)N1CCC(NCC(=O)NC2CCCCC2)CC1. The van der Waals surface area contributed by atoms with Crippen LogP contribution in [0.15, 0.2) is 0 Å². The highest BCUT2D eigenvalue weighted by atomic mass is 32.2. The number of sulfonamides is 1. The summed E-state index contributed by atoms with van der Waals surface area (Å²) in [5.74, 6) is 0.0624. The Morgan fingerprint density at radius 1 is 1.05 bits per heavy atom. The van der Waals surface area contributed by atoms with Crippen molar-refractivity contribution in [2.75, 3.05) is 25.9 Å². The molecule has 0 bridgehead atoms. The van der Waals surface area contributed by atoms with Gasteiger partial charge in [-0.3, -0.25) is 4.79 Å². The van der Waals surface area contributed by atoms with Gasteiger partial charge in [-0.2, -0.15) is 0 Å². The third-order valence-corrected chi connectivity index (χ3v) is 5.75. The van der Waals surface area contributed by atoms with Crippen LogP contribution >= 0.6 is 0 Å². The van der Waals surface area contributed by atoms with E-state index in [2.05, 4.69) is 10.6 Å². The van der Waals surface area contributed by atoms with Gasteiger partial charge >= 0.3 is 0 Å². The largest absolute Gasteiger partial charge is 0.352 e. The summed E-state index contributed by atoms with van der Waals surface area (Å²) in [5, 5.41) is 6.33. The van der Waals surface area contributed by atoms with E-state index in [1.807, 2.05) is 0 Å². The Morgan fingerprint density at radius 2 is 1.67 bits per heavy atom. The monoisotopic (exact) mass is 317 g/mol. The highest BCUT2D eigenvalue weighted by molar-refractivity contribution is 7.88. The van der Waals surface area contributed by atoms with Crippen molar-refractivity contribution in [1.29, 1.82) is 0 Å². The number of nitrogens with one attached hydrogen (secondary N) is 2. The minimum atomic E-state index is -3.07. The first kappa shape index (κ1) is 16.7. The predicted molar refractivity (Wildman–Crippen MR) is 82.5 cm³/mol. The minimum Gasteiger partial charge on any atom is -0.352 e. The van der Waals surface area contributed by atoms with Crippen LogP contribution in [0.3, 0.4) is 0 Å². The molecular weight excluding hydrogens is 290 g/mol. The fraction of sp³-hybridized carbons (Fsp3) is 0.929. The van der Waals surface area contributed by atoms with Crippen molar-refractivity contribution in [1.82, 2.24) is 14.9 Å². The molecule has 0 radical (unpaired) electrons. The lowest BCUT2D eigenvalue weighted by Gasteiger charge is -2.31. The summed E-state index contributed by atoms with van der Waals surface area (Å²) in [7, 11) is -3.07. The molecule has 21 heavy (non-hydrogen) atoms. The number of nitrogens with zero attached hydrogens (tertiary/aromatic N) is 1. The number of carbonyl (C=O) groups is 1. The normalized spacial score (nSPS) is 23.1. The van der Waals surface area contributed by atoms with Gasteiger partial charge < -0.3 is 10.6 Å². The molecule has 0 unspecified atom stereocenters. The molecule has 122 valence electrons. The zero-order valence-corrected chi connectivity index (χ0v) is 13.6. The Labute approximate surface area is 127 Å². The summed E-state index contributed by atoms with van der Waals surface area (Å²) in [4.78, 5) is 11.9. The average Bonchev–Trinajstić information content (AvgIpc) is 2.46. The van der Waals surface area contributed by atoms with Crippen LogP contribution in [0, 0.1) is 0 Å². The molecule has 2 aliphatic rings. The topological polar surface area (TPSA) is 78.5 Å². The van der Waals surface area contributed by atoms with E-state index in [1.54, 1.807) is 0 Å². The van der Waals surface area contributed by atoms with E-state index in [1.165, 1.54) is 29.8 Å². The molecule has 2 N–H and O–H groups in total. The third kappa shape index (κ3) is 5.56. The Kier molecular flexibility index (Phi) is 6.01. The molecule has 0 spiro atoms. The van der Waals surface area contributed by atoms with Gasteiger partial charge in [0, 0.05) is 25.2 Å². The number of hydrogen-bond donors (Lipinski definition) is 2.